The fraction of sp³-hybridized carbons (Fsp3) is 0.381. The molecule has 0 spiro atoms. The van der Waals surface area contributed by atoms with E-state index in [2.05, 4.69) is 5.32 Å². The second kappa shape index (κ2) is 8.86. The molecule has 3 N–H and O–H groups in total. The van der Waals surface area contributed by atoms with Gasteiger partial charge in [0.25, 0.3) is 0 Å². The van der Waals surface area contributed by atoms with Crippen molar-refractivity contribution in [3.63, 3.8) is 0 Å². The summed E-state index contributed by atoms with van der Waals surface area (Å²) in [4.78, 5) is 11.5. The Morgan fingerprint density at radius 3 is 2.78 bits per heavy atom. The number of nitrogens with two attached hydrogens (primary N) is 1. The van der Waals surface area contributed by atoms with E-state index in [0.717, 1.165) is 24.8 Å². The van der Waals surface area contributed by atoms with E-state index in [1.807, 2.05) is 12.1 Å². The lowest BCUT2D eigenvalue weighted by Gasteiger charge is -2.19. The van der Waals surface area contributed by atoms with Crippen molar-refractivity contribution in [3.8, 4) is 11.5 Å². The summed E-state index contributed by atoms with van der Waals surface area (Å²) < 4.78 is 24.9. The Kier molecular flexibility index (Phi) is 6.29. The average molecular weight is 372 g/mol. The van der Waals surface area contributed by atoms with Crippen LogP contribution in [0.5, 0.6) is 11.5 Å². The first-order chi connectivity index (χ1) is 13.1. The average Bonchev–Trinajstić information content (AvgIpc) is 3.15. The molecule has 0 heterocycles. The molecule has 6 heteroatoms. The minimum absolute atomic E-state index is 0.101. The van der Waals surface area contributed by atoms with Gasteiger partial charge in [-0.1, -0.05) is 30.7 Å². The first-order valence-corrected chi connectivity index (χ1v) is 9.14. The van der Waals surface area contributed by atoms with Crippen molar-refractivity contribution in [2.24, 2.45) is 11.7 Å². The molecule has 27 heavy (non-hydrogen) atoms. The normalized spacial score (nSPS) is 19.0. The highest BCUT2D eigenvalue weighted by molar-refractivity contribution is 5.77. The van der Waals surface area contributed by atoms with Crippen LogP contribution in [-0.4, -0.2) is 19.1 Å². The van der Waals surface area contributed by atoms with Crippen LogP contribution in [0.3, 0.4) is 0 Å². The van der Waals surface area contributed by atoms with Gasteiger partial charge in [-0.3, -0.25) is 4.79 Å². The van der Waals surface area contributed by atoms with Crippen molar-refractivity contribution in [2.45, 2.75) is 38.5 Å². The lowest BCUT2D eigenvalue weighted by molar-refractivity contribution is -0.122. The SMILES string of the molecule is COc1cc(OCc2ccccc2F)ccc1CNC1CCCC1C(N)=O. The monoisotopic (exact) mass is 372 g/mol. The third kappa shape index (κ3) is 4.77. The molecule has 1 aliphatic carbocycles. The number of amides is 1. The van der Waals surface area contributed by atoms with Crippen LogP contribution >= 0.6 is 0 Å². The predicted octanol–water partition coefficient (Wildman–Crippen LogP) is 3.16. The predicted molar refractivity (Wildman–Crippen MR) is 101 cm³/mol. The van der Waals surface area contributed by atoms with Crippen LogP contribution in [0, 0.1) is 11.7 Å². The molecule has 0 aromatic heterocycles. The van der Waals surface area contributed by atoms with Crippen LogP contribution in [-0.2, 0) is 17.9 Å². The van der Waals surface area contributed by atoms with E-state index in [1.54, 1.807) is 31.4 Å². The molecule has 2 unspecified atom stereocenters. The van der Waals surface area contributed by atoms with Gasteiger partial charge in [-0.05, 0) is 25.0 Å². The number of rotatable bonds is 8. The number of carbonyl (C=O) groups is 1. The third-order valence-corrected chi connectivity index (χ3v) is 5.05. The molecule has 2 aromatic rings. The highest BCUT2D eigenvalue weighted by Crippen LogP contribution is 2.28. The first-order valence-electron chi connectivity index (χ1n) is 9.14. The first kappa shape index (κ1) is 19.2. The van der Waals surface area contributed by atoms with E-state index in [9.17, 15) is 9.18 Å². The summed E-state index contributed by atoms with van der Waals surface area (Å²) in [5.74, 6) is 0.649. The molecule has 1 fully saturated rings. The summed E-state index contributed by atoms with van der Waals surface area (Å²) in [6, 6.07) is 12.2. The molecular formula is C21H25FN2O3. The number of hydrogen-bond acceptors (Lipinski definition) is 4. The quantitative estimate of drug-likeness (QED) is 0.747. The molecule has 2 atom stereocenters. The van der Waals surface area contributed by atoms with Gasteiger partial charge in [0.15, 0.2) is 0 Å². The molecule has 1 saturated carbocycles. The lowest BCUT2D eigenvalue weighted by atomic mass is 10.0. The number of primary amides is 1. The van der Waals surface area contributed by atoms with Crippen molar-refractivity contribution in [3.05, 3.63) is 59.4 Å². The zero-order valence-corrected chi connectivity index (χ0v) is 15.4. The minimum Gasteiger partial charge on any atom is -0.496 e. The largest absolute Gasteiger partial charge is 0.496 e. The second-order valence-corrected chi connectivity index (χ2v) is 6.78. The van der Waals surface area contributed by atoms with Gasteiger partial charge in [0.1, 0.15) is 23.9 Å². The molecule has 1 amide bonds. The number of ether oxygens (including phenoxy) is 2. The number of methoxy groups -OCH3 is 1. The van der Waals surface area contributed by atoms with Crippen LogP contribution in [0.25, 0.3) is 0 Å². The van der Waals surface area contributed by atoms with Gasteiger partial charge in [-0.15, -0.1) is 0 Å². The number of halogens is 1. The van der Waals surface area contributed by atoms with Gasteiger partial charge in [0, 0.05) is 29.8 Å². The molecule has 5 nitrogen and oxygen atoms in total. The highest BCUT2D eigenvalue weighted by atomic mass is 19.1. The molecule has 3 rings (SSSR count). The maximum Gasteiger partial charge on any atom is 0.222 e. The Labute approximate surface area is 158 Å². The molecule has 0 aliphatic heterocycles. The number of hydrogen-bond donors (Lipinski definition) is 2. The third-order valence-electron chi connectivity index (χ3n) is 5.05. The summed E-state index contributed by atoms with van der Waals surface area (Å²) >= 11 is 0. The van der Waals surface area contributed by atoms with E-state index in [4.69, 9.17) is 15.2 Å². The zero-order chi connectivity index (χ0) is 19.2. The summed E-state index contributed by atoms with van der Waals surface area (Å²) in [5, 5.41) is 3.42. The number of nitrogens with one attached hydrogen (secondary N) is 1. The van der Waals surface area contributed by atoms with Crippen LogP contribution in [0.4, 0.5) is 4.39 Å². The molecule has 0 bridgehead atoms. The fourth-order valence-electron chi connectivity index (χ4n) is 3.52. The van der Waals surface area contributed by atoms with Gasteiger partial charge in [-0.25, -0.2) is 4.39 Å². The van der Waals surface area contributed by atoms with Crippen LogP contribution in [0.15, 0.2) is 42.5 Å². The topological polar surface area (TPSA) is 73.6 Å². The molecule has 2 aromatic carbocycles. The molecule has 0 radical (unpaired) electrons. The highest BCUT2D eigenvalue weighted by Gasteiger charge is 2.31. The Hall–Kier alpha value is -2.60. The maximum absolute atomic E-state index is 13.7. The Bertz CT molecular complexity index is 797. The van der Waals surface area contributed by atoms with Gasteiger partial charge < -0.3 is 20.5 Å². The van der Waals surface area contributed by atoms with Crippen molar-refractivity contribution in [1.82, 2.24) is 5.32 Å². The fourth-order valence-corrected chi connectivity index (χ4v) is 3.52. The number of carbonyl (C=O) groups excluding carboxylic acids is 1. The van der Waals surface area contributed by atoms with Gasteiger partial charge in [0.2, 0.25) is 5.91 Å². The van der Waals surface area contributed by atoms with Gasteiger partial charge in [0.05, 0.1) is 13.0 Å². The van der Waals surface area contributed by atoms with Gasteiger partial charge in [-0.2, -0.15) is 0 Å². The Morgan fingerprint density at radius 2 is 2.04 bits per heavy atom. The Balaban J connectivity index is 1.62. The lowest BCUT2D eigenvalue weighted by Crippen LogP contribution is -2.38. The summed E-state index contributed by atoms with van der Waals surface area (Å²) in [6.45, 7) is 0.723. The second-order valence-electron chi connectivity index (χ2n) is 6.78. The van der Waals surface area contributed by atoms with E-state index in [0.29, 0.717) is 23.6 Å². The van der Waals surface area contributed by atoms with Crippen molar-refractivity contribution < 1.29 is 18.7 Å². The van der Waals surface area contributed by atoms with Gasteiger partial charge >= 0.3 is 0 Å². The zero-order valence-electron chi connectivity index (χ0n) is 15.4. The summed E-state index contributed by atoms with van der Waals surface area (Å²) in [6.07, 6.45) is 2.79. The molecule has 144 valence electrons. The minimum atomic E-state index is -0.286. The number of benzene rings is 2. The molecule has 1 aliphatic rings. The summed E-state index contributed by atoms with van der Waals surface area (Å²) in [7, 11) is 1.60. The molecule has 0 saturated heterocycles. The smallest absolute Gasteiger partial charge is 0.222 e. The van der Waals surface area contributed by atoms with Crippen LogP contribution in [0.1, 0.15) is 30.4 Å². The summed E-state index contributed by atoms with van der Waals surface area (Å²) in [5.41, 5.74) is 6.94. The maximum atomic E-state index is 13.7. The van der Waals surface area contributed by atoms with Crippen molar-refractivity contribution in [1.29, 1.82) is 0 Å². The van der Waals surface area contributed by atoms with E-state index < -0.39 is 0 Å². The standard InChI is InChI=1S/C21H25FN2O3/c1-26-20-11-16(27-13-15-5-2-3-7-18(15)22)10-9-14(20)12-24-19-8-4-6-17(19)21(23)25/h2-3,5,7,9-11,17,19,24H,4,6,8,12-13H2,1H3,(H2,23,25). The van der Waals surface area contributed by atoms with Crippen molar-refractivity contribution >= 4 is 5.91 Å². The molecular weight excluding hydrogens is 347 g/mol. The van der Waals surface area contributed by atoms with E-state index >= 15 is 0 Å². The Morgan fingerprint density at radius 1 is 1.22 bits per heavy atom. The van der Waals surface area contributed by atoms with E-state index in [1.165, 1.54) is 6.07 Å². The van der Waals surface area contributed by atoms with E-state index in [-0.39, 0.29) is 30.3 Å². The van der Waals surface area contributed by atoms with Crippen LogP contribution < -0.4 is 20.5 Å². The van der Waals surface area contributed by atoms with Crippen molar-refractivity contribution in [2.75, 3.05) is 7.11 Å². The van der Waals surface area contributed by atoms with Crippen LogP contribution in [0.2, 0.25) is 0 Å².